The number of aromatic nitrogens is 2. The molecule has 0 spiro atoms. The highest BCUT2D eigenvalue weighted by Crippen LogP contribution is 2.33. The third kappa shape index (κ3) is 4.15. The van der Waals surface area contributed by atoms with Crippen LogP contribution >= 0.6 is 0 Å². The van der Waals surface area contributed by atoms with Gasteiger partial charge in [0.05, 0.1) is 18.3 Å². The second-order valence-corrected chi connectivity index (χ2v) is 7.82. The van der Waals surface area contributed by atoms with E-state index in [4.69, 9.17) is 9.72 Å². The number of pyridine rings is 1. The summed E-state index contributed by atoms with van der Waals surface area (Å²) in [6.07, 6.45) is 0.529. The second kappa shape index (κ2) is 8.74. The molecule has 0 atom stereocenters. The van der Waals surface area contributed by atoms with Crippen LogP contribution in [-0.2, 0) is 6.42 Å². The van der Waals surface area contributed by atoms with Gasteiger partial charge < -0.3 is 15.0 Å². The van der Waals surface area contributed by atoms with E-state index < -0.39 is 0 Å². The maximum atomic E-state index is 13.4. The van der Waals surface area contributed by atoms with Crippen molar-refractivity contribution in [3.63, 3.8) is 0 Å². The highest BCUT2D eigenvalue weighted by Gasteiger charge is 2.17. The molecule has 0 fully saturated rings. The zero-order valence-electron chi connectivity index (χ0n) is 18.1. The summed E-state index contributed by atoms with van der Waals surface area (Å²) in [6.45, 7) is 0.379. The Balaban J connectivity index is 1.53. The third-order valence-electron chi connectivity index (χ3n) is 5.66. The van der Waals surface area contributed by atoms with Crippen molar-refractivity contribution < 1.29 is 13.9 Å². The number of para-hydroxylation sites is 1. The molecule has 2 aromatic heterocycles. The Morgan fingerprint density at radius 2 is 1.85 bits per heavy atom. The minimum atomic E-state index is -0.284. The van der Waals surface area contributed by atoms with Gasteiger partial charge in [0.15, 0.2) is 0 Å². The lowest BCUT2D eigenvalue weighted by molar-refractivity contribution is 0.0949. The monoisotopic (exact) mass is 439 g/mol. The number of hydrogen-bond acceptors (Lipinski definition) is 3. The van der Waals surface area contributed by atoms with Crippen molar-refractivity contribution in [1.82, 2.24) is 15.3 Å². The first-order valence-corrected chi connectivity index (χ1v) is 10.7. The Labute approximate surface area is 190 Å². The molecule has 1 amide bonds. The Hall–Kier alpha value is -4.19. The van der Waals surface area contributed by atoms with Gasteiger partial charge in [0, 0.05) is 28.4 Å². The lowest BCUT2D eigenvalue weighted by atomic mass is 10.1. The summed E-state index contributed by atoms with van der Waals surface area (Å²) >= 11 is 0. The summed E-state index contributed by atoms with van der Waals surface area (Å²) < 4.78 is 18.8. The van der Waals surface area contributed by atoms with Crippen LogP contribution in [0.15, 0.2) is 78.9 Å². The van der Waals surface area contributed by atoms with Gasteiger partial charge in [-0.1, -0.05) is 42.5 Å². The molecule has 2 heterocycles. The van der Waals surface area contributed by atoms with Gasteiger partial charge in [0.25, 0.3) is 5.91 Å². The third-order valence-corrected chi connectivity index (χ3v) is 5.66. The fraction of sp³-hybridized carbons (Fsp3) is 0.111. The maximum absolute atomic E-state index is 13.4. The van der Waals surface area contributed by atoms with Crippen molar-refractivity contribution in [3.8, 4) is 17.0 Å². The van der Waals surface area contributed by atoms with Crippen LogP contribution in [0.2, 0.25) is 0 Å². The van der Waals surface area contributed by atoms with Gasteiger partial charge in [-0.25, -0.2) is 9.37 Å². The lowest BCUT2D eigenvalue weighted by Gasteiger charge is -2.10. The molecule has 33 heavy (non-hydrogen) atoms. The Morgan fingerprint density at radius 1 is 1.00 bits per heavy atom. The SMILES string of the molecule is COc1cccc(-c2nc(C(=O)NCCc3cccc(F)c3)cc3c2[nH]c2ccccc23)c1. The van der Waals surface area contributed by atoms with Crippen molar-refractivity contribution in [3.05, 3.63) is 95.9 Å². The molecular weight excluding hydrogens is 417 g/mol. The highest BCUT2D eigenvalue weighted by molar-refractivity contribution is 6.13. The number of methoxy groups -OCH3 is 1. The van der Waals surface area contributed by atoms with Crippen molar-refractivity contribution in [1.29, 1.82) is 0 Å². The summed E-state index contributed by atoms with van der Waals surface area (Å²) in [4.78, 5) is 21.2. The van der Waals surface area contributed by atoms with Gasteiger partial charge >= 0.3 is 0 Å². The predicted molar refractivity (Wildman–Crippen MR) is 128 cm³/mol. The number of benzene rings is 3. The molecule has 5 aromatic rings. The number of amides is 1. The van der Waals surface area contributed by atoms with Gasteiger partial charge in [-0.2, -0.15) is 0 Å². The molecule has 0 aliphatic rings. The van der Waals surface area contributed by atoms with Crippen molar-refractivity contribution in [2.24, 2.45) is 0 Å². The minimum Gasteiger partial charge on any atom is -0.497 e. The number of nitrogens with one attached hydrogen (secondary N) is 2. The van der Waals surface area contributed by atoms with Crippen LogP contribution in [0.4, 0.5) is 4.39 Å². The molecule has 6 heteroatoms. The molecule has 0 aliphatic heterocycles. The molecule has 0 saturated carbocycles. The quantitative estimate of drug-likeness (QED) is 0.367. The maximum Gasteiger partial charge on any atom is 0.269 e. The summed E-state index contributed by atoms with van der Waals surface area (Å²) in [5.41, 5.74) is 4.51. The first-order chi connectivity index (χ1) is 16.1. The molecule has 0 bridgehead atoms. The van der Waals surface area contributed by atoms with Crippen LogP contribution in [-0.4, -0.2) is 29.5 Å². The van der Waals surface area contributed by atoms with Gasteiger partial charge in [0.1, 0.15) is 17.3 Å². The average molecular weight is 439 g/mol. The van der Waals surface area contributed by atoms with E-state index in [0.29, 0.717) is 30.1 Å². The van der Waals surface area contributed by atoms with E-state index in [1.807, 2.05) is 60.7 Å². The molecular formula is C27H22FN3O2. The Kier molecular flexibility index (Phi) is 5.48. The number of hydrogen-bond donors (Lipinski definition) is 2. The molecule has 5 nitrogen and oxygen atoms in total. The zero-order chi connectivity index (χ0) is 22.8. The van der Waals surface area contributed by atoms with Crippen molar-refractivity contribution in [2.75, 3.05) is 13.7 Å². The Morgan fingerprint density at radius 3 is 2.70 bits per heavy atom. The molecule has 3 aromatic carbocycles. The largest absolute Gasteiger partial charge is 0.497 e. The molecule has 0 saturated heterocycles. The van der Waals surface area contributed by atoms with Crippen LogP contribution in [0.3, 0.4) is 0 Å². The number of nitrogens with zero attached hydrogens (tertiary/aromatic N) is 1. The summed E-state index contributed by atoms with van der Waals surface area (Å²) in [6, 6.07) is 23.8. The molecule has 0 unspecified atom stereocenters. The first-order valence-electron chi connectivity index (χ1n) is 10.7. The number of H-pyrrole nitrogens is 1. The molecule has 164 valence electrons. The summed E-state index contributed by atoms with van der Waals surface area (Å²) in [5, 5.41) is 4.86. The molecule has 5 rings (SSSR count). The van der Waals surface area contributed by atoms with Crippen molar-refractivity contribution >= 4 is 27.7 Å². The first kappa shape index (κ1) is 20.7. The minimum absolute atomic E-state index is 0.275. The van der Waals surface area contributed by atoms with Crippen LogP contribution in [0.25, 0.3) is 33.1 Å². The number of rotatable bonds is 6. The molecule has 0 aliphatic carbocycles. The molecule has 2 N–H and O–H groups in total. The van der Waals surface area contributed by atoms with Crippen LogP contribution in [0.5, 0.6) is 5.75 Å². The van der Waals surface area contributed by atoms with E-state index in [9.17, 15) is 9.18 Å². The Bertz CT molecular complexity index is 1480. The predicted octanol–water partition coefficient (Wildman–Crippen LogP) is 5.50. The number of carbonyl (C=O) groups excluding carboxylic acids is 1. The number of ether oxygens (including phenoxy) is 1. The summed E-state index contributed by atoms with van der Waals surface area (Å²) in [7, 11) is 1.62. The average Bonchev–Trinajstić information content (AvgIpc) is 3.22. The number of carbonyl (C=O) groups is 1. The fourth-order valence-corrected chi connectivity index (χ4v) is 4.04. The van der Waals surface area contributed by atoms with E-state index in [-0.39, 0.29) is 11.7 Å². The standard InChI is InChI=1S/C27H22FN3O2/c1-33-20-9-5-7-18(15-20)25-26-22(21-10-2-3-11-23(21)30-26)16-24(31-25)27(32)29-13-12-17-6-4-8-19(28)14-17/h2-11,14-16,30H,12-13H2,1H3,(H,29,32). The summed E-state index contributed by atoms with van der Waals surface area (Å²) in [5.74, 6) is 0.152. The number of fused-ring (bicyclic) bond motifs is 3. The van der Waals surface area contributed by atoms with Crippen molar-refractivity contribution in [2.45, 2.75) is 6.42 Å². The topological polar surface area (TPSA) is 67.0 Å². The number of halogens is 1. The van der Waals surface area contributed by atoms with Gasteiger partial charge in [-0.05, 0) is 48.4 Å². The lowest BCUT2D eigenvalue weighted by Crippen LogP contribution is -2.26. The van der Waals surface area contributed by atoms with Gasteiger partial charge in [-0.15, -0.1) is 0 Å². The second-order valence-electron chi connectivity index (χ2n) is 7.82. The highest BCUT2D eigenvalue weighted by atomic mass is 19.1. The van der Waals surface area contributed by atoms with Crippen LogP contribution < -0.4 is 10.1 Å². The number of aromatic amines is 1. The van der Waals surface area contributed by atoms with E-state index in [0.717, 1.165) is 32.9 Å². The van der Waals surface area contributed by atoms with E-state index >= 15 is 0 Å². The zero-order valence-corrected chi connectivity index (χ0v) is 18.1. The van der Waals surface area contributed by atoms with Gasteiger partial charge in [0.2, 0.25) is 0 Å². The molecule has 0 radical (unpaired) electrons. The van der Waals surface area contributed by atoms with Gasteiger partial charge in [-0.3, -0.25) is 4.79 Å². The van der Waals surface area contributed by atoms with E-state index in [1.165, 1.54) is 12.1 Å². The fourth-order valence-electron chi connectivity index (χ4n) is 4.04. The van der Waals surface area contributed by atoms with E-state index in [2.05, 4.69) is 10.3 Å². The normalized spacial score (nSPS) is 11.1. The van der Waals surface area contributed by atoms with Crippen LogP contribution in [0, 0.1) is 5.82 Å². The van der Waals surface area contributed by atoms with Crippen LogP contribution in [0.1, 0.15) is 16.1 Å². The smallest absolute Gasteiger partial charge is 0.269 e. The van der Waals surface area contributed by atoms with E-state index in [1.54, 1.807) is 13.2 Å².